The van der Waals surface area contributed by atoms with Crippen LogP contribution in [0, 0.1) is 0 Å². The summed E-state index contributed by atoms with van der Waals surface area (Å²) in [5.41, 5.74) is 1.72. The molecule has 2 N–H and O–H groups in total. The summed E-state index contributed by atoms with van der Waals surface area (Å²) in [7, 11) is 0. The van der Waals surface area contributed by atoms with E-state index in [-0.39, 0.29) is 12.5 Å². The second kappa shape index (κ2) is 7.75. The third-order valence-corrected chi connectivity index (χ3v) is 2.73. The molecule has 1 amide bonds. The minimum Gasteiger partial charge on any atom is -0.484 e. The van der Waals surface area contributed by atoms with Crippen molar-refractivity contribution in [3.8, 4) is 5.75 Å². The molecule has 4 heteroatoms. The van der Waals surface area contributed by atoms with Crippen LogP contribution in [-0.2, 0) is 4.79 Å². The van der Waals surface area contributed by atoms with Gasteiger partial charge in [-0.25, -0.2) is 0 Å². The lowest BCUT2D eigenvalue weighted by Gasteiger charge is -2.08. The average Bonchev–Trinajstić information content (AvgIpc) is 2.53. The Balaban J connectivity index is 1.80. The van der Waals surface area contributed by atoms with Crippen LogP contribution in [0.25, 0.3) is 0 Å². The van der Waals surface area contributed by atoms with Crippen LogP contribution in [0.1, 0.15) is 0 Å². The maximum atomic E-state index is 11.8. The van der Waals surface area contributed by atoms with Crippen molar-refractivity contribution in [2.24, 2.45) is 0 Å². The highest BCUT2D eigenvalue weighted by molar-refractivity contribution is 5.92. The van der Waals surface area contributed by atoms with Crippen LogP contribution in [0.3, 0.4) is 0 Å². The molecule has 0 aromatic heterocycles. The van der Waals surface area contributed by atoms with E-state index in [0.29, 0.717) is 12.3 Å². The van der Waals surface area contributed by atoms with E-state index in [2.05, 4.69) is 17.2 Å². The van der Waals surface area contributed by atoms with Crippen LogP contribution in [0.15, 0.2) is 67.3 Å². The highest BCUT2D eigenvalue weighted by Crippen LogP contribution is 2.13. The van der Waals surface area contributed by atoms with Gasteiger partial charge >= 0.3 is 0 Å². The number of rotatable bonds is 7. The molecule has 4 nitrogen and oxygen atoms in total. The van der Waals surface area contributed by atoms with E-state index in [1.807, 2.05) is 54.6 Å². The minimum atomic E-state index is -0.189. The van der Waals surface area contributed by atoms with Gasteiger partial charge in [0.25, 0.3) is 5.91 Å². The Morgan fingerprint density at radius 1 is 1.05 bits per heavy atom. The summed E-state index contributed by atoms with van der Waals surface area (Å²) in [6.07, 6.45) is 1.79. The predicted molar refractivity (Wildman–Crippen MR) is 85.7 cm³/mol. The van der Waals surface area contributed by atoms with E-state index < -0.39 is 0 Å². The molecule has 0 aliphatic carbocycles. The van der Waals surface area contributed by atoms with E-state index in [4.69, 9.17) is 4.74 Å². The van der Waals surface area contributed by atoms with Crippen LogP contribution in [0.4, 0.5) is 11.4 Å². The molecule has 0 radical (unpaired) electrons. The fourth-order valence-corrected chi connectivity index (χ4v) is 1.72. The van der Waals surface area contributed by atoms with Gasteiger partial charge in [0.15, 0.2) is 6.61 Å². The average molecular weight is 282 g/mol. The molecule has 0 unspecified atom stereocenters. The number of ether oxygens (including phenoxy) is 1. The standard InChI is InChI=1S/C17H18N2O2/c1-2-12-18-14-8-10-15(11-9-14)19-17(20)13-21-16-6-4-3-5-7-16/h2-11,18H,1,12-13H2,(H,19,20). The number of para-hydroxylation sites is 1. The Hall–Kier alpha value is -2.75. The van der Waals surface area contributed by atoms with Crippen molar-refractivity contribution < 1.29 is 9.53 Å². The summed E-state index contributed by atoms with van der Waals surface area (Å²) in [4.78, 5) is 11.8. The Labute approximate surface area is 124 Å². The predicted octanol–water partition coefficient (Wildman–Crippen LogP) is 3.30. The first kappa shape index (κ1) is 14.7. The van der Waals surface area contributed by atoms with E-state index in [0.717, 1.165) is 11.4 Å². The summed E-state index contributed by atoms with van der Waals surface area (Å²) < 4.78 is 5.38. The second-order valence-electron chi connectivity index (χ2n) is 4.40. The first-order chi connectivity index (χ1) is 10.3. The van der Waals surface area contributed by atoms with Gasteiger partial charge in [-0.1, -0.05) is 24.3 Å². The summed E-state index contributed by atoms with van der Waals surface area (Å²) in [6.45, 7) is 4.34. The van der Waals surface area contributed by atoms with Crippen LogP contribution in [0.2, 0.25) is 0 Å². The lowest BCUT2D eigenvalue weighted by Crippen LogP contribution is -2.20. The van der Waals surface area contributed by atoms with Crippen molar-refractivity contribution in [2.45, 2.75) is 0 Å². The number of carbonyl (C=O) groups is 1. The zero-order valence-electron chi connectivity index (χ0n) is 11.7. The topological polar surface area (TPSA) is 50.4 Å². The number of hydrogen-bond acceptors (Lipinski definition) is 3. The maximum absolute atomic E-state index is 11.8. The molecule has 0 bridgehead atoms. The number of nitrogens with one attached hydrogen (secondary N) is 2. The van der Waals surface area contributed by atoms with Crippen molar-refractivity contribution in [1.29, 1.82) is 0 Å². The van der Waals surface area contributed by atoms with Crippen LogP contribution in [0.5, 0.6) is 5.75 Å². The normalized spacial score (nSPS) is 9.71. The minimum absolute atomic E-state index is 0.0134. The van der Waals surface area contributed by atoms with E-state index in [1.165, 1.54) is 0 Å². The van der Waals surface area contributed by atoms with Gasteiger partial charge in [0, 0.05) is 17.9 Å². The summed E-state index contributed by atoms with van der Waals surface area (Å²) in [5, 5.41) is 5.95. The number of benzene rings is 2. The van der Waals surface area contributed by atoms with E-state index in [9.17, 15) is 4.79 Å². The first-order valence-electron chi connectivity index (χ1n) is 6.70. The molecule has 0 fully saturated rings. The van der Waals surface area contributed by atoms with Gasteiger partial charge < -0.3 is 15.4 Å². The SMILES string of the molecule is C=CCNc1ccc(NC(=O)COc2ccccc2)cc1. The fraction of sp³-hybridized carbons (Fsp3) is 0.118. The molecule has 0 aliphatic rings. The molecule has 0 spiro atoms. The molecular weight excluding hydrogens is 264 g/mol. The summed E-state index contributed by atoms with van der Waals surface area (Å²) in [5.74, 6) is 0.488. The molecule has 0 saturated heterocycles. The Kier molecular flexibility index (Phi) is 5.41. The molecule has 0 aliphatic heterocycles. The van der Waals surface area contributed by atoms with Gasteiger partial charge in [-0.3, -0.25) is 4.79 Å². The lowest BCUT2D eigenvalue weighted by molar-refractivity contribution is -0.118. The third kappa shape index (κ3) is 5.03. The van der Waals surface area contributed by atoms with Crippen LogP contribution in [-0.4, -0.2) is 19.1 Å². The van der Waals surface area contributed by atoms with Gasteiger partial charge in [-0.05, 0) is 36.4 Å². The molecule has 0 saturated carbocycles. The Bertz CT molecular complexity index is 579. The van der Waals surface area contributed by atoms with Crippen molar-refractivity contribution in [3.63, 3.8) is 0 Å². The van der Waals surface area contributed by atoms with Crippen LogP contribution >= 0.6 is 0 Å². The number of hydrogen-bond donors (Lipinski definition) is 2. The van der Waals surface area contributed by atoms with Crippen molar-refractivity contribution in [1.82, 2.24) is 0 Å². The summed E-state index contributed by atoms with van der Waals surface area (Å²) >= 11 is 0. The molecule has 2 rings (SSSR count). The quantitative estimate of drug-likeness (QED) is 0.766. The Morgan fingerprint density at radius 3 is 2.38 bits per heavy atom. The second-order valence-corrected chi connectivity index (χ2v) is 4.40. The zero-order chi connectivity index (χ0) is 14.9. The first-order valence-corrected chi connectivity index (χ1v) is 6.70. The summed E-state index contributed by atoms with van der Waals surface area (Å²) in [6, 6.07) is 16.7. The van der Waals surface area contributed by atoms with Crippen molar-refractivity contribution in [2.75, 3.05) is 23.8 Å². The lowest BCUT2D eigenvalue weighted by atomic mass is 10.2. The highest BCUT2D eigenvalue weighted by atomic mass is 16.5. The molecule has 0 atom stereocenters. The van der Waals surface area contributed by atoms with Gasteiger partial charge in [-0.2, -0.15) is 0 Å². The molecule has 0 heterocycles. The van der Waals surface area contributed by atoms with Gasteiger partial charge in [-0.15, -0.1) is 6.58 Å². The van der Waals surface area contributed by atoms with Crippen molar-refractivity contribution in [3.05, 3.63) is 67.3 Å². The zero-order valence-corrected chi connectivity index (χ0v) is 11.7. The molecule has 2 aromatic rings. The fourth-order valence-electron chi connectivity index (χ4n) is 1.72. The monoisotopic (exact) mass is 282 g/mol. The number of amides is 1. The van der Waals surface area contributed by atoms with E-state index >= 15 is 0 Å². The smallest absolute Gasteiger partial charge is 0.262 e. The van der Waals surface area contributed by atoms with Gasteiger partial charge in [0.05, 0.1) is 0 Å². The maximum Gasteiger partial charge on any atom is 0.262 e. The molecule has 2 aromatic carbocycles. The number of anilines is 2. The van der Waals surface area contributed by atoms with Crippen molar-refractivity contribution >= 4 is 17.3 Å². The van der Waals surface area contributed by atoms with Gasteiger partial charge in [0.1, 0.15) is 5.75 Å². The third-order valence-electron chi connectivity index (χ3n) is 2.73. The van der Waals surface area contributed by atoms with E-state index in [1.54, 1.807) is 6.08 Å². The molecule has 108 valence electrons. The molecular formula is C17H18N2O2. The number of carbonyl (C=O) groups excluding carboxylic acids is 1. The Morgan fingerprint density at radius 2 is 1.71 bits per heavy atom. The van der Waals surface area contributed by atoms with Gasteiger partial charge in [0.2, 0.25) is 0 Å². The van der Waals surface area contributed by atoms with Crippen LogP contribution < -0.4 is 15.4 Å². The highest BCUT2D eigenvalue weighted by Gasteiger charge is 2.03. The largest absolute Gasteiger partial charge is 0.484 e. The molecule has 21 heavy (non-hydrogen) atoms.